The molecule has 0 aromatic heterocycles. The second-order valence-electron chi connectivity index (χ2n) is 3.86. The summed E-state index contributed by atoms with van der Waals surface area (Å²) in [6.07, 6.45) is 2.27. The summed E-state index contributed by atoms with van der Waals surface area (Å²) in [6, 6.07) is 0. The number of hydrogen-bond acceptors (Lipinski definition) is 3. The Kier molecular flexibility index (Phi) is 4.97. The number of hydrogen-bond donors (Lipinski definition) is 2. The van der Waals surface area contributed by atoms with Crippen molar-refractivity contribution in [1.29, 1.82) is 0 Å². The molecular formula is C8H18Cl2N2O. The van der Waals surface area contributed by atoms with Crippen molar-refractivity contribution in [2.75, 3.05) is 26.2 Å². The number of piperidine rings is 3. The summed E-state index contributed by atoms with van der Waals surface area (Å²) in [5.74, 6) is 0.470. The Hall–Kier alpha value is 0.460. The first-order valence-electron chi connectivity index (χ1n) is 4.39. The Labute approximate surface area is 91.5 Å². The maximum absolute atomic E-state index is 10.0. The van der Waals surface area contributed by atoms with Crippen LogP contribution in [0.4, 0.5) is 0 Å². The predicted molar refractivity (Wildman–Crippen MR) is 57.7 cm³/mol. The average molecular weight is 229 g/mol. The van der Waals surface area contributed by atoms with E-state index in [1.807, 2.05) is 0 Å². The standard InChI is InChI=1S/C8H16N2O.2ClH/c9-5-8(11)6-10-3-1-7(8)2-4-10;;/h7,11H,1-6,9H2;2*1H. The van der Waals surface area contributed by atoms with Gasteiger partial charge in [-0.05, 0) is 31.8 Å². The molecule has 3 fully saturated rings. The van der Waals surface area contributed by atoms with Crippen LogP contribution in [0.25, 0.3) is 0 Å². The Balaban J connectivity index is 0.000000720. The van der Waals surface area contributed by atoms with Crippen LogP contribution in [-0.2, 0) is 0 Å². The third-order valence-electron chi connectivity index (χ3n) is 3.20. The van der Waals surface area contributed by atoms with Crippen molar-refractivity contribution in [2.45, 2.75) is 18.4 Å². The minimum atomic E-state index is -0.559. The van der Waals surface area contributed by atoms with E-state index < -0.39 is 5.60 Å². The van der Waals surface area contributed by atoms with Crippen molar-refractivity contribution in [2.24, 2.45) is 11.7 Å². The molecule has 3 heterocycles. The van der Waals surface area contributed by atoms with Crippen LogP contribution < -0.4 is 5.73 Å². The fourth-order valence-corrected chi connectivity index (χ4v) is 2.38. The third-order valence-corrected chi connectivity index (χ3v) is 3.20. The van der Waals surface area contributed by atoms with Crippen molar-refractivity contribution in [3.05, 3.63) is 0 Å². The summed E-state index contributed by atoms with van der Waals surface area (Å²) >= 11 is 0. The molecule has 0 radical (unpaired) electrons. The molecule has 3 saturated heterocycles. The summed E-state index contributed by atoms with van der Waals surface area (Å²) < 4.78 is 0. The SMILES string of the molecule is Cl.Cl.NCC1(O)CN2CCC1CC2. The molecule has 80 valence electrons. The molecule has 3 nitrogen and oxygen atoms in total. The molecule has 0 amide bonds. The molecule has 1 unspecified atom stereocenters. The van der Waals surface area contributed by atoms with Crippen LogP contribution in [0, 0.1) is 5.92 Å². The van der Waals surface area contributed by atoms with Gasteiger partial charge in [0.25, 0.3) is 0 Å². The second-order valence-corrected chi connectivity index (χ2v) is 3.86. The third kappa shape index (κ3) is 2.28. The zero-order valence-electron chi connectivity index (χ0n) is 7.61. The Bertz CT molecular complexity index is 162. The fourth-order valence-electron chi connectivity index (χ4n) is 2.38. The molecule has 0 saturated carbocycles. The molecule has 0 aliphatic carbocycles. The maximum atomic E-state index is 10.0. The van der Waals surface area contributed by atoms with Crippen molar-refractivity contribution >= 4 is 24.8 Å². The van der Waals surface area contributed by atoms with Gasteiger partial charge in [0.05, 0.1) is 5.60 Å². The van der Waals surface area contributed by atoms with Gasteiger partial charge in [0.2, 0.25) is 0 Å². The van der Waals surface area contributed by atoms with Crippen molar-refractivity contribution in [3.8, 4) is 0 Å². The first-order chi connectivity index (χ1) is 5.24. The normalized spacial score (nSPS) is 42.0. The first kappa shape index (κ1) is 13.5. The van der Waals surface area contributed by atoms with Gasteiger partial charge in [-0.3, -0.25) is 0 Å². The fraction of sp³-hybridized carbons (Fsp3) is 1.00. The summed E-state index contributed by atoms with van der Waals surface area (Å²) in [5, 5.41) is 10.0. The quantitative estimate of drug-likeness (QED) is 0.677. The number of nitrogens with two attached hydrogens (primary N) is 1. The van der Waals surface area contributed by atoms with Crippen LogP contribution in [-0.4, -0.2) is 41.8 Å². The largest absolute Gasteiger partial charge is 0.387 e. The summed E-state index contributed by atoms with van der Waals surface area (Å²) in [4.78, 5) is 2.31. The molecule has 3 aliphatic heterocycles. The van der Waals surface area contributed by atoms with E-state index in [9.17, 15) is 5.11 Å². The van der Waals surface area contributed by atoms with Crippen molar-refractivity contribution < 1.29 is 5.11 Å². The lowest BCUT2D eigenvalue weighted by molar-refractivity contribution is -0.104. The van der Waals surface area contributed by atoms with Crippen molar-refractivity contribution in [3.63, 3.8) is 0 Å². The van der Waals surface area contributed by atoms with Crippen LogP contribution >= 0.6 is 24.8 Å². The van der Waals surface area contributed by atoms with Crippen LogP contribution in [0.15, 0.2) is 0 Å². The number of halogens is 2. The number of aliphatic hydroxyl groups is 1. The van der Waals surface area contributed by atoms with Crippen LogP contribution in [0.5, 0.6) is 0 Å². The monoisotopic (exact) mass is 228 g/mol. The lowest BCUT2D eigenvalue weighted by atomic mass is 9.75. The zero-order valence-corrected chi connectivity index (χ0v) is 9.24. The molecule has 0 spiro atoms. The van der Waals surface area contributed by atoms with E-state index in [0.29, 0.717) is 12.5 Å². The van der Waals surface area contributed by atoms with E-state index in [1.54, 1.807) is 0 Å². The van der Waals surface area contributed by atoms with Crippen LogP contribution in [0.2, 0.25) is 0 Å². The molecule has 13 heavy (non-hydrogen) atoms. The molecule has 3 rings (SSSR count). The van der Waals surface area contributed by atoms with E-state index in [2.05, 4.69) is 4.90 Å². The van der Waals surface area contributed by atoms with Gasteiger partial charge in [0.15, 0.2) is 0 Å². The smallest absolute Gasteiger partial charge is 0.0924 e. The van der Waals surface area contributed by atoms with Crippen molar-refractivity contribution in [1.82, 2.24) is 4.90 Å². The molecule has 3 aliphatic rings. The van der Waals surface area contributed by atoms with Gasteiger partial charge < -0.3 is 15.7 Å². The second kappa shape index (κ2) is 4.80. The van der Waals surface area contributed by atoms with Crippen LogP contribution in [0.1, 0.15) is 12.8 Å². The zero-order chi connectivity index (χ0) is 7.90. The molecule has 0 aromatic carbocycles. The minimum Gasteiger partial charge on any atom is -0.387 e. The number of rotatable bonds is 1. The van der Waals surface area contributed by atoms with Gasteiger partial charge in [-0.25, -0.2) is 0 Å². The highest BCUT2D eigenvalue weighted by atomic mass is 35.5. The lowest BCUT2D eigenvalue weighted by Gasteiger charge is -2.49. The highest BCUT2D eigenvalue weighted by molar-refractivity contribution is 5.85. The molecular weight excluding hydrogens is 211 g/mol. The number of nitrogens with zero attached hydrogens (tertiary/aromatic N) is 1. The first-order valence-corrected chi connectivity index (χ1v) is 4.39. The van der Waals surface area contributed by atoms with E-state index >= 15 is 0 Å². The van der Waals surface area contributed by atoms with Gasteiger partial charge in [-0.15, -0.1) is 24.8 Å². The summed E-state index contributed by atoms with van der Waals surface area (Å²) in [5.41, 5.74) is 4.99. The van der Waals surface area contributed by atoms with E-state index in [1.165, 1.54) is 0 Å². The number of fused-ring (bicyclic) bond motifs is 3. The maximum Gasteiger partial charge on any atom is 0.0924 e. The molecule has 5 heteroatoms. The predicted octanol–water partition coefficient (Wildman–Crippen LogP) is 0.245. The topological polar surface area (TPSA) is 49.5 Å². The molecule has 0 aromatic rings. The van der Waals surface area contributed by atoms with Gasteiger partial charge >= 0.3 is 0 Å². The van der Waals surface area contributed by atoms with Gasteiger partial charge in [-0.2, -0.15) is 0 Å². The Morgan fingerprint density at radius 2 is 1.85 bits per heavy atom. The average Bonchev–Trinajstić information content (AvgIpc) is 2.06. The molecule has 1 atom stereocenters. The van der Waals surface area contributed by atoms with Gasteiger partial charge in [0, 0.05) is 13.1 Å². The molecule has 3 N–H and O–H groups in total. The lowest BCUT2D eigenvalue weighted by Crippen LogP contribution is -2.62. The minimum absolute atomic E-state index is 0. The van der Waals surface area contributed by atoms with Crippen LogP contribution in [0.3, 0.4) is 0 Å². The Morgan fingerprint density at radius 1 is 1.31 bits per heavy atom. The van der Waals surface area contributed by atoms with E-state index in [0.717, 1.165) is 32.5 Å². The van der Waals surface area contributed by atoms with E-state index in [4.69, 9.17) is 5.73 Å². The van der Waals surface area contributed by atoms with E-state index in [-0.39, 0.29) is 24.8 Å². The summed E-state index contributed by atoms with van der Waals surface area (Å²) in [6.45, 7) is 3.54. The Morgan fingerprint density at radius 3 is 2.08 bits per heavy atom. The van der Waals surface area contributed by atoms with Gasteiger partial charge in [0.1, 0.15) is 0 Å². The summed E-state index contributed by atoms with van der Waals surface area (Å²) in [7, 11) is 0. The highest BCUT2D eigenvalue weighted by Gasteiger charge is 2.44. The highest BCUT2D eigenvalue weighted by Crippen LogP contribution is 2.34. The molecule has 2 bridgehead atoms. The van der Waals surface area contributed by atoms with Gasteiger partial charge in [-0.1, -0.05) is 0 Å².